The second kappa shape index (κ2) is 4.01. The number of carboxylic acid groups (broad SMARTS) is 1. The van der Waals surface area contributed by atoms with Crippen molar-refractivity contribution in [1.29, 1.82) is 0 Å². The first-order chi connectivity index (χ1) is 8.63. The molecule has 18 heavy (non-hydrogen) atoms. The van der Waals surface area contributed by atoms with Crippen molar-refractivity contribution in [3.63, 3.8) is 0 Å². The quantitative estimate of drug-likeness (QED) is 0.888. The number of carbonyl (C=O) groups is 1. The van der Waals surface area contributed by atoms with Gasteiger partial charge in [-0.1, -0.05) is 12.1 Å². The SMILES string of the molecule is COc1ccc(CC2(C(=O)O)CC3CC3C2)cc1. The van der Waals surface area contributed by atoms with Gasteiger partial charge in [0.15, 0.2) is 0 Å². The molecule has 2 saturated carbocycles. The second-order valence-electron chi connectivity index (χ2n) is 5.77. The zero-order chi connectivity index (χ0) is 12.8. The highest BCUT2D eigenvalue weighted by Crippen LogP contribution is 2.60. The van der Waals surface area contributed by atoms with Crippen LogP contribution in [0.4, 0.5) is 0 Å². The number of benzene rings is 1. The fraction of sp³-hybridized carbons (Fsp3) is 0.533. The Morgan fingerprint density at radius 3 is 2.44 bits per heavy atom. The van der Waals surface area contributed by atoms with E-state index in [1.807, 2.05) is 24.3 Å². The minimum atomic E-state index is -0.620. The summed E-state index contributed by atoms with van der Waals surface area (Å²) in [5, 5.41) is 9.54. The first-order valence-electron chi connectivity index (χ1n) is 6.49. The smallest absolute Gasteiger partial charge is 0.309 e. The van der Waals surface area contributed by atoms with Gasteiger partial charge in [0.25, 0.3) is 0 Å². The van der Waals surface area contributed by atoms with Crippen LogP contribution in [-0.2, 0) is 11.2 Å². The third kappa shape index (κ3) is 1.88. The molecule has 3 nitrogen and oxygen atoms in total. The monoisotopic (exact) mass is 246 g/mol. The molecule has 1 aromatic rings. The molecule has 2 unspecified atom stereocenters. The Bertz CT molecular complexity index is 453. The molecule has 1 N–H and O–H groups in total. The highest BCUT2D eigenvalue weighted by molar-refractivity contribution is 5.76. The highest BCUT2D eigenvalue weighted by atomic mass is 16.5. The molecule has 0 heterocycles. The molecule has 3 rings (SSSR count). The molecule has 0 radical (unpaired) electrons. The molecule has 0 bridgehead atoms. The van der Waals surface area contributed by atoms with Crippen LogP contribution in [0.2, 0.25) is 0 Å². The van der Waals surface area contributed by atoms with E-state index in [0.717, 1.165) is 24.2 Å². The molecule has 3 heteroatoms. The van der Waals surface area contributed by atoms with Gasteiger partial charge < -0.3 is 9.84 Å². The van der Waals surface area contributed by atoms with E-state index in [2.05, 4.69) is 0 Å². The van der Waals surface area contributed by atoms with Crippen LogP contribution in [0.1, 0.15) is 24.8 Å². The second-order valence-corrected chi connectivity index (χ2v) is 5.77. The van der Waals surface area contributed by atoms with E-state index in [0.29, 0.717) is 18.3 Å². The first-order valence-corrected chi connectivity index (χ1v) is 6.49. The van der Waals surface area contributed by atoms with Crippen LogP contribution in [0.25, 0.3) is 0 Å². The predicted octanol–water partition coefficient (Wildman–Crippen LogP) is 2.74. The number of rotatable bonds is 4. The fourth-order valence-electron chi connectivity index (χ4n) is 3.43. The number of ether oxygens (including phenoxy) is 1. The Kier molecular flexibility index (Phi) is 2.58. The van der Waals surface area contributed by atoms with Crippen molar-refractivity contribution in [3.05, 3.63) is 29.8 Å². The van der Waals surface area contributed by atoms with Gasteiger partial charge >= 0.3 is 5.97 Å². The maximum absolute atomic E-state index is 11.6. The van der Waals surface area contributed by atoms with Gasteiger partial charge in [-0.05, 0) is 55.2 Å². The van der Waals surface area contributed by atoms with Crippen LogP contribution >= 0.6 is 0 Å². The summed E-state index contributed by atoms with van der Waals surface area (Å²) in [5.74, 6) is 1.56. The van der Waals surface area contributed by atoms with Crippen LogP contribution in [0.5, 0.6) is 5.75 Å². The van der Waals surface area contributed by atoms with E-state index in [1.54, 1.807) is 7.11 Å². The van der Waals surface area contributed by atoms with Crippen molar-refractivity contribution in [1.82, 2.24) is 0 Å². The molecular formula is C15H18O3. The average Bonchev–Trinajstić information content (AvgIpc) is 2.98. The maximum Gasteiger partial charge on any atom is 0.309 e. The number of aliphatic carboxylic acids is 1. The number of carboxylic acids is 1. The molecule has 2 aliphatic carbocycles. The van der Waals surface area contributed by atoms with E-state index in [1.165, 1.54) is 6.42 Å². The van der Waals surface area contributed by atoms with E-state index >= 15 is 0 Å². The molecule has 0 spiro atoms. The van der Waals surface area contributed by atoms with Crippen LogP contribution in [-0.4, -0.2) is 18.2 Å². The molecule has 0 saturated heterocycles. The van der Waals surface area contributed by atoms with E-state index in [-0.39, 0.29) is 0 Å². The summed E-state index contributed by atoms with van der Waals surface area (Å²) in [7, 11) is 1.64. The Labute approximate surface area is 107 Å². The van der Waals surface area contributed by atoms with Crippen molar-refractivity contribution in [2.24, 2.45) is 17.3 Å². The van der Waals surface area contributed by atoms with Crippen molar-refractivity contribution < 1.29 is 14.6 Å². The summed E-state index contributed by atoms with van der Waals surface area (Å²) in [4.78, 5) is 11.6. The topological polar surface area (TPSA) is 46.5 Å². The molecule has 96 valence electrons. The number of methoxy groups -OCH3 is 1. The van der Waals surface area contributed by atoms with E-state index < -0.39 is 11.4 Å². The predicted molar refractivity (Wildman–Crippen MR) is 67.6 cm³/mol. The van der Waals surface area contributed by atoms with Crippen LogP contribution < -0.4 is 4.74 Å². The van der Waals surface area contributed by atoms with Gasteiger partial charge in [0.2, 0.25) is 0 Å². The number of hydrogen-bond donors (Lipinski definition) is 1. The molecule has 0 aromatic heterocycles. The number of hydrogen-bond acceptors (Lipinski definition) is 2. The Hall–Kier alpha value is -1.51. The van der Waals surface area contributed by atoms with Crippen LogP contribution in [0, 0.1) is 17.3 Å². The average molecular weight is 246 g/mol. The maximum atomic E-state index is 11.6. The number of fused-ring (bicyclic) bond motifs is 1. The molecule has 2 atom stereocenters. The largest absolute Gasteiger partial charge is 0.497 e. The van der Waals surface area contributed by atoms with Crippen molar-refractivity contribution >= 4 is 5.97 Å². The van der Waals surface area contributed by atoms with Gasteiger partial charge in [0, 0.05) is 0 Å². The van der Waals surface area contributed by atoms with Gasteiger partial charge in [-0.2, -0.15) is 0 Å². The van der Waals surface area contributed by atoms with E-state index in [4.69, 9.17) is 4.74 Å². The van der Waals surface area contributed by atoms with Crippen molar-refractivity contribution in [2.45, 2.75) is 25.7 Å². The molecule has 2 fully saturated rings. The lowest BCUT2D eigenvalue weighted by Crippen LogP contribution is -2.31. The summed E-state index contributed by atoms with van der Waals surface area (Å²) in [5.41, 5.74) is 0.585. The summed E-state index contributed by atoms with van der Waals surface area (Å²) >= 11 is 0. The van der Waals surface area contributed by atoms with E-state index in [9.17, 15) is 9.90 Å². The van der Waals surface area contributed by atoms with Crippen LogP contribution in [0.15, 0.2) is 24.3 Å². The summed E-state index contributed by atoms with van der Waals surface area (Å²) in [6.45, 7) is 0. The van der Waals surface area contributed by atoms with Gasteiger partial charge in [0.05, 0.1) is 12.5 Å². The molecular weight excluding hydrogens is 228 g/mol. The standard InChI is InChI=1S/C15H18O3/c1-18-13-4-2-10(3-5-13)7-15(14(16)17)8-11-6-12(11)9-15/h2-5,11-12H,6-9H2,1H3,(H,16,17). The third-order valence-electron chi connectivity index (χ3n) is 4.53. The first kappa shape index (κ1) is 11.6. The molecule has 1 aromatic carbocycles. The molecule has 0 aliphatic heterocycles. The molecule has 2 aliphatic rings. The normalized spacial score (nSPS) is 32.9. The third-order valence-corrected chi connectivity index (χ3v) is 4.53. The minimum absolute atomic E-state index is 0.512. The molecule has 0 amide bonds. The summed E-state index contributed by atoms with van der Waals surface area (Å²) in [6, 6.07) is 7.77. The van der Waals surface area contributed by atoms with Gasteiger partial charge in [-0.3, -0.25) is 4.79 Å². The van der Waals surface area contributed by atoms with Gasteiger partial charge in [-0.15, -0.1) is 0 Å². The lowest BCUT2D eigenvalue weighted by molar-refractivity contribution is -0.149. The summed E-state index contributed by atoms with van der Waals surface area (Å²) < 4.78 is 5.12. The highest BCUT2D eigenvalue weighted by Gasteiger charge is 2.57. The lowest BCUT2D eigenvalue weighted by Gasteiger charge is -2.26. The Morgan fingerprint density at radius 1 is 1.33 bits per heavy atom. The Balaban J connectivity index is 1.78. The van der Waals surface area contributed by atoms with Crippen molar-refractivity contribution in [3.8, 4) is 5.75 Å². The summed E-state index contributed by atoms with van der Waals surface area (Å²) in [6.07, 6.45) is 3.62. The Morgan fingerprint density at radius 2 is 1.94 bits per heavy atom. The zero-order valence-electron chi connectivity index (χ0n) is 10.6. The lowest BCUT2D eigenvalue weighted by atomic mass is 9.77. The van der Waals surface area contributed by atoms with Crippen molar-refractivity contribution in [2.75, 3.05) is 7.11 Å². The minimum Gasteiger partial charge on any atom is -0.497 e. The fourth-order valence-corrected chi connectivity index (χ4v) is 3.43. The van der Waals surface area contributed by atoms with Gasteiger partial charge in [-0.25, -0.2) is 0 Å². The van der Waals surface area contributed by atoms with Gasteiger partial charge in [0.1, 0.15) is 5.75 Å². The zero-order valence-corrected chi connectivity index (χ0v) is 10.6. The van der Waals surface area contributed by atoms with Crippen LogP contribution in [0.3, 0.4) is 0 Å².